The summed E-state index contributed by atoms with van der Waals surface area (Å²) in [5.41, 5.74) is -0.469. The van der Waals surface area contributed by atoms with Crippen LogP contribution in [0.5, 0.6) is 0 Å². The van der Waals surface area contributed by atoms with E-state index in [0.29, 0.717) is 39.8 Å². The summed E-state index contributed by atoms with van der Waals surface area (Å²) in [5.74, 6) is -0.367. The van der Waals surface area contributed by atoms with Gasteiger partial charge >= 0.3 is 5.97 Å². The van der Waals surface area contributed by atoms with E-state index in [1.165, 1.54) is 6.08 Å². The lowest BCUT2D eigenvalue weighted by Crippen LogP contribution is -2.25. The van der Waals surface area contributed by atoms with Crippen LogP contribution in [0.15, 0.2) is 12.3 Å². The van der Waals surface area contributed by atoms with Gasteiger partial charge in [0, 0.05) is 32.5 Å². The summed E-state index contributed by atoms with van der Waals surface area (Å²) in [5, 5.41) is 6.00. The number of nitrogens with one attached hydrogen (secondary N) is 2. The fraction of sp³-hybridized carbons (Fsp3) is 0.786. The second-order valence-electron chi connectivity index (χ2n) is 5.19. The topological polar surface area (TPSA) is 78.0 Å². The van der Waals surface area contributed by atoms with Crippen LogP contribution in [0.1, 0.15) is 20.8 Å². The summed E-state index contributed by atoms with van der Waals surface area (Å²) < 4.78 is 20.3. The molecule has 0 heterocycles. The third-order valence-electron chi connectivity index (χ3n) is 1.96. The molecular formula is C14H28N2O5. The standard InChI is InChI=1S/C14H28N2O5/c1-14(2,3)21-13(17)5-6-15-7-9-19-11-16-8-10-20-12-18-4/h5-6,15-16H,7-12H2,1-4H3/b6-5+. The monoisotopic (exact) mass is 304 g/mol. The van der Waals surface area contributed by atoms with E-state index in [2.05, 4.69) is 10.6 Å². The second kappa shape index (κ2) is 12.6. The molecule has 7 nitrogen and oxygen atoms in total. The van der Waals surface area contributed by atoms with Crippen molar-refractivity contribution in [3.63, 3.8) is 0 Å². The molecule has 7 heteroatoms. The van der Waals surface area contributed by atoms with Crippen LogP contribution in [-0.2, 0) is 23.7 Å². The number of esters is 1. The van der Waals surface area contributed by atoms with Gasteiger partial charge in [-0.15, -0.1) is 0 Å². The van der Waals surface area contributed by atoms with Crippen LogP contribution >= 0.6 is 0 Å². The average Bonchev–Trinajstić information content (AvgIpc) is 2.38. The van der Waals surface area contributed by atoms with Crippen molar-refractivity contribution in [2.24, 2.45) is 0 Å². The van der Waals surface area contributed by atoms with Gasteiger partial charge in [-0.05, 0) is 20.8 Å². The molecule has 0 aliphatic carbocycles. The Morgan fingerprint density at radius 1 is 1.14 bits per heavy atom. The van der Waals surface area contributed by atoms with E-state index in [4.69, 9.17) is 18.9 Å². The molecule has 0 aliphatic rings. The van der Waals surface area contributed by atoms with Gasteiger partial charge in [-0.1, -0.05) is 0 Å². The van der Waals surface area contributed by atoms with Gasteiger partial charge in [-0.25, -0.2) is 4.79 Å². The lowest BCUT2D eigenvalue weighted by Gasteiger charge is -2.17. The zero-order chi connectivity index (χ0) is 16.0. The van der Waals surface area contributed by atoms with Gasteiger partial charge < -0.3 is 24.3 Å². The van der Waals surface area contributed by atoms with Crippen molar-refractivity contribution in [2.45, 2.75) is 26.4 Å². The van der Waals surface area contributed by atoms with Gasteiger partial charge in [0.1, 0.15) is 12.4 Å². The predicted octanol–water partition coefficient (Wildman–Crippen LogP) is 0.616. The van der Waals surface area contributed by atoms with E-state index < -0.39 is 5.60 Å². The van der Waals surface area contributed by atoms with Gasteiger partial charge in [0.15, 0.2) is 0 Å². The zero-order valence-electron chi connectivity index (χ0n) is 13.4. The third-order valence-corrected chi connectivity index (χ3v) is 1.96. The Bertz CT molecular complexity index is 290. The highest BCUT2D eigenvalue weighted by Gasteiger charge is 2.13. The molecule has 2 N–H and O–H groups in total. The summed E-state index contributed by atoms with van der Waals surface area (Å²) in [6, 6.07) is 0. The third kappa shape index (κ3) is 16.8. The highest BCUT2D eigenvalue weighted by atomic mass is 16.7. The lowest BCUT2D eigenvalue weighted by atomic mass is 10.2. The SMILES string of the molecule is COCOCCNCOCCN/C=C/C(=O)OC(C)(C)C. The number of methoxy groups -OCH3 is 1. The van der Waals surface area contributed by atoms with Crippen LogP contribution in [0.2, 0.25) is 0 Å². The first-order valence-corrected chi connectivity index (χ1v) is 6.94. The maximum atomic E-state index is 11.3. The fourth-order valence-corrected chi connectivity index (χ4v) is 1.18. The smallest absolute Gasteiger partial charge is 0.332 e. The van der Waals surface area contributed by atoms with E-state index in [-0.39, 0.29) is 5.97 Å². The Hall–Kier alpha value is -1.15. The Morgan fingerprint density at radius 2 is 1.86 bits per heavy atom. The Balaban J connectivity index is 3.30. The number of ether oxygens (including phenoxy) is 4. The van der Waals surface area contributed by atoms with Crippen LogP contribution in [0.4, 0.5) is 0 Å². The van der Waals surface area contributed by atoms with E-state index in [1.54, 1.807) is 13.3 Å². The van der Waals surface area contributed by atoms with Gasteiger partial charge in [-0.3, -0.25) is 5.32 Å². The minimum absolute atomic E-state index is 0.302. The molecule has 0 unspecified atom stereocenters. The largest absolute Gasteiger partial charge is 0.457 e. The van der Waals surface area contributed by atoms with Crippen LogP contribution in [0.3, 0.4) is 0 Å². The molecule has 0 aromatic rings. The van der Waals surface area contributed by atoms with Crippen molar-refractivity contribution in [2.75, 3.05) is 46.9 Å². The summed E-state index contributed by atoms with van der Waals surface area (Å²) in [7, 11) is 1.58. The van der Waals surface area contributed by atoms with Gasteiger partial charge in [-0.2, -0.15) is 0 Å². The summed E-state index contributed by atoms with van der Waals surface area (Å²) in [4.78, 5) is 11.3. The Kier molecular flexibility index (Phi) is 11.9. The minimum Gasteiger partial charge on any atom is -0.457 e. The molecule has 0 amide bonds. The zero-order valence-corrected chi connectivity index (χ0v) is 13.4. The number of rotatable bonds is 12. The summed E-state index contributed by atoms with van der Waals surface area (Å²) in [6.07, 6.45) is 2.92. The molecule has 124 valence electrons. The Labute approximate surface area is 127 Å². The average molecular weight is 304 g/mol. The quantitative estimate of drug-likeness (QED) is 0.237. The molecular weight excluding hydrogens is 276 g/mol. The van der Waals surface area contributed by atoms with Crippen LogP contribution < -0.4 is 10.6 Å². The second-order valence-corrected chi connectivity index (χ2v) is 5.19. The molecule has 0 saturated carbocycles. The van der Waals surface area contributed by atoms with Gasteiger partial charge in [0.05, 0.1) is 19.9 Å². The molecule has 0 spiro atoms. The van der Waals surface area contributed by atoms with Crippen molar-refractivity contribution in [3.8, 4) is 0 Å². The molecule has 0 aliphatic heterocycles. The van der Waals surface area contributed by atoms with Crippen LogP contribution in [0, 0.1) is 0 Å². The first-order chi connectivity index (χ1) is 9.95. The summed E-state index contributed by atoms with van der Waals surface area (Å²) >= 11 is 0. The highest BCUT2D eigenvalue weighted by molar-refractivity contribution is 5.82. The lowest BCUT2D eigenvalue weighted by molar-refractivity contribution is -0.148. The maximum Gasteiger partial charge on any atom is 0.332 e. The van der Waals surface area contributed by atoms with E-state index in [9.17, 15) is 4.79 Å². The van der Waals surface area contributed by atoms with Crippen LogP contribution in [0.25, 0.3) is 0 Å². The van der Waals surface area contributed by atoms with Crippen molar-refractivity contribution in [3.05, 3.63) is 12.3 Å². The van der Waals surface area contributed by atoms with E-state index in [0.717, 1.165) is 0 Å². The first kappa shape index (κ1) is 19.9. The molecule has 0 atom stereocenters. The predicted molar refractivity (Wildman–Crippen MR) is 79.6 cm³/mol. The molecule has 0 fully saturated rings. The molecule has 0 saturated heterocycles. The van der Waals surface area contributed by atoms with Crippen molar-refractivity contribution in [1.82, 2.24) is 10.6 Å². The molecule has 0 radical (unpaired) electrons. The van der Waals surface area contributed by atoms with Crippen molar-refractivity contribution < 1.29 is 23.7 Å². The molecule has 21 heavy (non-hydrogen) atoms. The van der Waals surface area contributed by atoms with Gasteiger partial charge in [0.2, 0.25) is 0 Å². The number of carbonyl (C=O) groups excluding carboxylic acids is 1. The Morgan fingerprint density at radius 3 is 2.52 bits per heavy atom. The number of hydrogen-bond acceptors (Lipinski definition) is 7. The maximum absolute atomic E-state index is 11.3. The van der Waals surface area contributed by atoms with Crippen LogP contribution in [-0.4, -0.2) is 58.5 Å². The summed E-state index contributed by atoms with van der Waals surface area (Å²) in [6.45, 7) is 8.66. The molecule has 0 aromatic carbocycles. The number of hydrogen-bond donors (Lipinski definition) is 2. The van der Waals surface area contributed by atoms with Crippen molar-refractivity contribution >= 4 is 5.97 Å². The highest BCUT2D eigenvalue weighted by Crippen LogP contribution is 2.06. The first-order valence-electron chi connectivity index (χ1n) is 6.94. The van der Waals surface area contributed by atoms with Crippen molar-refractivity contribution in [1.29, 1.82) is 0 Å². The number of carbonyl (C=O) groups is 1. The molecule has 0 aromatic heterocycles. The molecule has 0 rings (SSSR count). The van der Waals surface area contributed by atoms with Gasteiger partial charge in [0.25, 0.3) is 0 Å². The molecule has 0 bridgehead atoms. The normalized spacial score (nSPS) is 11.8. The fourth-order valence-electron chi connectivity index (χ4n) is 1.18. The van der Waals surface area contributed by atoms with E-state index >= 15 is 0 Å². The van der Waals surface area contributed by atoms with E-state index in [1.807, 2.05) is 20.8 Å². The minimum atomic E-state index is -0.469.